The number of hydrogen-bond donors (Lipinski definition) is 1. The summed E-state index contributed by atoms with van der Waals surface area (Å²) in [4.78, 5) is 1.47. The molecule has 0 aliphatic rings. The first-order valence-electron chi connectivity index (χ1n) is 5.40. The van der Waals surface area contributed by atoms with Gasteiger partial charge in [-0.2, -0.15) is 0 Å². The van der Waals surface area contributed by atoms with E-state index in [0.717, 1.165) is 26.1 Å². The Morgan fingerprint density at radius 3 is 2.80 bits per heavy atom. The number of hydrogen-bond acceptors (Lipinski definition) is 3. The van der Waals surface area contributed by atoms with E-state index in [1.807, 2.05) is 11.3 Å². The first-order chi connectivity index (χ1) is 7.17. The fourth-order valence-electron chi connectivity index (χ4n) is 1.49. The summed E-state index contributed by atoms with van der Waals surface area (Å²) in [5.74, 6) is 0. The number of nitrogens with one attached hydrogen (secondary N) is 1. The summed E-state index contributed by atoms with van der Waals surface area (Å²) < 4.78 is 4.99. The van der Waals surface area contributed by atoms with Gasteiger partial charge in [-0.05, 0) is 24.4 Å². The van der Waals surface area contributed by atoms with E-state index < -0.39 is 0 Å². The largest absolute Gasteiger partial charge is 0.383 e. The molecule has 0 aromatic carbocycles. The van der Waals surface area contributed by atoms with Gasteiger partial charge in [0, 0.05) is 23.9 Å². The lowest BCUT2D eigenvalue weighted by molar-refractivity contribution is 0.198. The van der Waals surface area contributed by atoms with Gasteiger partial charge in [-0.1, -0.05) is 19.9 Å². The maximum absolute atomic E-state index is 4.99. The van der Waals surface area contributed by atoms with Crippen molar-refractivity contribution in [3.8, 4) is 0 Å². The van der Waals surface area contributed by atoms with E-state index in [-0.39, 0.29) is 5.41 Å². The van der Waals surface area contributed by atoms with Crippen molar-refractivity contribution in [2.24, 2.45) is 0 Å². The molecule has 0 spiro atoms. The molecular weight excluding hydrogens is 206 g/mol. The number of methoxy groups -OCH3 is 1. The molecular formula is C12H21NOS. The van der Waals surface area contributed by atoms with Gasteiger partial charge in [0.25, 0.3) is 0 Å². The zero-order chi connectivity index (χ0) is 11.1. The summed E-state index contributed by atoms with van der Waals surface area (Å²) in [5, 5.41) is 5.53. The van der Waals surface area contributed by atoms with E-state index >= 15 is 0 Å². The van der Waals surface area contributed by atoms with Gasteiger partial charge in [-0.25, -0.2) is 0 Å². The SMILES string of the molecule is COCCNCCC(C)(C)c1cccs1. The Hall–Kier alpha value is -0.380. The third kappa shape index (κ3) is 4.33. The zero-order valence-electron chi connectivity index (χ0n) is 9.88. The predicted octanol–water partition coefficient (Wildman–Crippen LogP) is 2.65. The highest BCUT2D eigenvalue weighted by Gasteiger charge is 2.20. The van der Waals surface area contributed by atoms with Crippen LogP contribution in [0.2, 0.25) is 0 Å². The smallest absolute Gasteiger partial charge is 0.0587 e. The Bertz CT molecular complexity index is 257. The van der Waals surface area contributed by atoms with E-state index in [4.69, 9.17) is 4.74 Å². The lowest BCUT2D eigenvalue weighted by Gasteiger charge is -2.23. The summed E-state index contributed by atoms with van der Waals surface area (Å²) in [7, 11) is 1.73. The van der Waals surface area contributed by atoms with Gasteiger partial charge in [-0.3, -0.25) is 0 Å². The molecule has 15 heavy (non-hydrogen) atoms. The Morgan fingerprint density at radius 2 is 2.20 bits per heavy atom. The van der Waals surface area contributed by atoms with Crippen molar-refractivity contribution in [2.45, 2.75) is 25.7 Å². The fraction of sp³-hybridized carbons (Fsp3) is 0.667. The molecule has 0 saturated heterocycles. The van der Waals surface area contributed by atoms with Crippen LogP contribution in [0.1, 0.15) is 25.1 Å². The van der Waals surface area contributed by atoms with Crippen LogP contribution >= 0.6 is 11.3 Å². The molecule has 0 bridgehead atoms. The number of ether oxygens (including phenoxy) is 1. The maximum atomic E-state index is 4.99. The molecule has 86 valence electrons. The van der Waals surface area contributed by atoms with Crippen LogP contribution in [0, 0.1) is 0 Å². The highest BCUT2D eigenvalue weighted by atomic mass is 32.1. The van der Waals surface area contributed by atoms with Crippen molar-refractivity contribution in [3.05, 3.63) is 22.4 Å². The Morgan fingerprint density at radius 1 is 1.40 bits per heavy atom. The average molecular weight is 227 g/mol. The second-order valence-electron chi connectivity index (χ2n) is 4.35. The lowest BCUT2D eigenvalue weighted by Crippen LogP contribution is -2.26. The van der Waals surface area contributed by atoms with Crippen molar-refractivity contribution >= 4 is 11.3 Å². The molecule has 1 N–H and O–H groups in total. The molecule has 3 heteroatoms. The topological polar surface area (TPSA) is 21.3 Å². The molecule has 0 unspecified atom stereocenters. The van der Waals surface area contributed by atoms with E-state index in [0.29, 0.717) is 0 Å². The molecule has 1 rings (SSSR count). The lowest BCUT2D eigenvalue weighted by atomic mass is 9.87. The first-order valence-corrected chi connectivity index (χ1v) is 6.28. The van der Waals surface area contributed by atoms with Gasteiger partial charge in [-0.15, -0.1) is 11.3 Å². The van der Waals surface area contributed by atoms with Gasteiger partial charge >= 0.3 is 0 Å². The van der Waals surface area contributed by atoms with Crippen molar-refractivity contribution in [1.82, 2.24) is 5.32 Å². The molecule has 1 aromatic rings. The van der Waals surface area contributed by atoms with E-state index in [2.05, 4.69) is 36.7 Å². The molecule has 0 aliphatic carbocycles. The quantitative estimate of drug-likeness (QED) is 0.723. The van der Waals surface area contributed by atoms with Crippen molar-refractivity contribution in [2.75, 3.05) is 26.8 Å². The third-order valence-corrected chi connectivity index (χ3v) is 3.83. The Labute approximate surface area is 96.7 Å². The van der Waals surface area contributed by atoms with Gasteiger partial charge < -0.3 is 10.1 Å². The molecule has 0 fully saturated rings. The minimum absolute atomic E-state index is 0.286. The molecule has 1 heterocycles. The molecule has 0 saturated carbocycles. The van der Waals surface area contributed by atoms with E-state index in [1.165, 1.54) is 4.88 Å². The number of thiophene rings is 1. The summed E-state index contributed by atoms with van der Waals surface area (Å²) >= 11 is 1.85. The van der Waals surface area contributed by atoms with Gasteiger partial charge in [0.2, 0.25) is 0 Å². The summed E-state index contributed by atoms with van der Waals surface area (Å²) in [6.07, 6.45) is 1.16. The highest BCUT2D eigenvalue weighted by molar-refractivity contribution is 7.10. The van der Waals surface area contributed by atoms with Crippen LogP contribution in [-0.4, -0.2) is 26.8 Å². The van der Waals surface area contributed by atoms with Crippen LogP contribution in [-0.2, 0) is 10.2 Å². The summed E-state index contributed by atoms with van der Waals surface area (Å²) in [6.45, 7) is 7.39. The molecule has 0 atom stereocenters. The molecule has 2 nitrogen and oxygen atoms in total. The number of rotatable bonds is 7. The molecule has 0 amide bonds. The normalized spacial score (nSPS) is 11.9. The molecule has 0 radical (unpaired) electrons. The monoisotopic (exact) mass is 227 g/mol. The fourth-order valence-corrected chi connectivity index (χ4v) is 2.37. The van der Waals surface area contributed by atoms with Crippen LogP contribution < -0.4 is 5.32 Å². The minimum atomic E-state index is 0.286. The van der Waals surface area contributed by atoms with Gasteiger partial charge in [0.05, 0.1) is 6.61 Å². The van der Waals surface area contributed by atoms with Crippen LogP contribution in [0.3, 0.4) is 0 Å². The predicted molar refractivity (Wildman–Crippen MR) is 66.7 cm³/mol. The van der Waals surface area contributed by atoms with E-state index in [1.54, 1.807) is 7.11 Å². The van der Waals surface area contributed by atoms with Crippen LogP contribution in [0.15, 0.2) is 17.5 Å². The zero-order valence-corrected chi connectivity index (χ0v) is 10.7. The van der Waals surface area contributed by atoms with Crippen molar-refractivity contribution in [1.29, 1.82) is 0 Å². The molecule has 0 aliphatic heterocycles. The summed E-state index contributed by atoms with van der Waals surface area (Å²) in [6, 6.07) is 4.35. The average Bonchev–Trinajstić information content (AvgIpc) is 2.70. The standard InChI is InChI=1S/C12H21NOS/c1-12(2,11-5-4-10-15-11)6-7-13-8-9-14-3/h4-5,10,13H,6-9H2,1-3H3. The highest BCUT2D eigenvalue weighted by Crippen LogP contribution is 2.30. The minimum Gasteiger partial charge on any atom is -0.383 e. The third-order valence-electron chi connectivity index (χ3n) is 2.60. The first kappa shape index (κ1) is 12.7. The second-order valence-corrected chi connectivity index (χ2v) is 5.30. The van der Waals surface area contributed by atoms with E-state index in [9.17, 15) is 0 Å². The van der Waals surface area contributed by atoms with Crippen LogP contribution in [0.5, 0.6) is 0 Å². The summed E-state index contributed by atoms with van der Waals surface area (Å²) in [5.41, 5.74) is 0.286. The Kier molecular flexibility index (Phi) is 5.29. The van der Waals surface area contributed by atoms with Gasteiger partial charge in [0.1, 0.15) is 0 Å². The van der Waals surface area contributed by atoms with Crippen molar-refractivity contribution < 1.29 is 4.74 Å². The van der Waals surface area contributed by atoms with Crippen LogP contribution in [0.4, 0.5) is 0 Å². The molecule has 1 aromatic heterocycles. The second kappa shape index (κ2) is 6.26. The maximum Gasteiger partial charge on any atom is 0.0587 e. The van der Waals surface area contributed by atoms with Crippen molar-refractivity contribution in [3.63, 3.8) is 0 Å². The Balaban J connectivity index is 2.25. The van der Waals surface area contributed by atoms with Gasteiger partial charge in [0.15, 0.2) is 0 Å². The van der Waals surface area contributed by atoms with Crippen LogP contribution in [0.25, 0.3) is 0 Å².